The number of benzene rings is 5. The number of nitrogens with zero attached hydrogens (tertiary/aromatic N) is 3. The van der Waals surface area contributed by atoms with Gasteiger partial charge in [-0.25, -0.2) is 0 Å². The van der Waals surface area contributed by atoms with Gasteiger partial charge in [0.1, 0.15) is 25.2 Å². The fraction of sp³-hybridized carbons (Fsp3) is 0.407. The fourth-order valence-corrected chi connectivity index (χ4v) is 8.27. The summed E-state index contributed by atoms with van der Waals surface area (Å²) in [5.41, 5.74) is 20.7. The maximum atomic E-state index is 14.8. The third-order valence-corrected chi connectivity index (χ3v) is 12.2. The molecule has 0 unspecified atom stereocenters. The number of aryl methyl sites for hydroxylation is 1. The van der Waals surface area contributed by atoms with Gasteiger partial charge in [0.15, 0.2) is 0 Å². The Kier molecular flexibility index (Phi) is 21.6. The molecule has 0 radical (unpaired) electrons. The number of carbonyl (C=O) groups is 6. The first-order valence-corrected chi connectivity index (χ1v) is 24.2. The monoisotopic (exact) mass is 942 g/mol. The standard InChI is InChI=1S/C54H71N9O6/c1-3-4-31-61(36-49(64)59-48(24-10-12-30-56)54(69)60-47(53(57)68)23-9-11-29-55)51(66)37-63(35-44-20-14-18-42-16-6-8-22-46(42)44)52(67)38-62(34-40-27-25-39(2)26-28-40)50(65)33-58-32-43-19-13-17-41-15-5-7-21-45(41)43/h5-8,13-22,25-28,47-48,58H,3-4,9-12,23-24,29-38,55-56H2,1-2H3,(H2,57,68)(H,59,64)(H,60,69)/t47-,48-/m0/s1. The van der Waals surface area contributed by atoms with Crippen molar-refractivity contribution in [3.8, 4) is 0 Å². The van der Waals surface area contributed by atoms with Crippen molar-refractivity contribution in [2.24, 2.45) is 17.2 Å². The van der Waals surface area contributed by atoms with Crippen molar-refractivity contribution in [3.05, 3.63) is 131 Å². The predicted molar refractivity (Wildman–Crippen MR) is 272 cm³/mol. The Labute approximate surface area is 406 Å². The second-order valence-corrected chi connectivity index (χ2v) is 17.7. The molecule has 2 atom stereocenters. The van der Waals surface area contributed by atoms with Crippen LogP contribution in [0.3, 0.4) is 0 Å². The van der Waals surface area contributed by atoms with Gasteiger partial charge in [-0.2, -0.15) is 0 Å². The van der Waals surface area contributed by atoms with E-state index in [1.807, 2.05) is 123 Å². The molecule has 5 aromatic carbocycles. The smallest absolute Gasteiger partial charge is 0.243 e. The largest absolute Gasteiger partial charge is 0.368 e. The van der Waals surface area contributed by atoms with E-state index >= 15 is 0 Å². The lowest BCUT2D eigenvalue weighted by Crippen LogP contribution is -2.55. The van der Waals surface area contributed by atoms with Gasteiger partial charge in [-0.1, -0.05) is 128 Å². The van der Waals surface area contributed by atoms with Crippen LogP contribution in [0.15, 0.2) is 109 Å². The number of hydrogen-bond acceptors (Lipinski definition) is 9. The van der Waals surface area contributed by atoms with Crippen LogP contribution >= 0.6 is 0 Å². The molecule has 6 amide bonds. The van der Waals surface area contributed by atoms with Crippen LogP contribution in [0.2, 0.25) is 0 Å². The van der Waals surface area contributed by atoms with Crippen molar-refractivity contribution in [1.82, 2.24) is 30.7 Å². The van der Waals surface area contributed by atoms with Gasteiger partial charge in [-0.15, -0.1) is 0 Å². The van der Waals surface area contributed by atoms with E-state index < -0.39 is 41.6 Å². The van der Waals surface area contributed by atoms with Crippen molar-refractivity contribution in [3.63, 3.8) is 0 Å². The summed E-state index contributed by atoms with van der Waals surface area (Å²) in [6.07, 6.45) is 4.20. The molecule has 5 rings (SSSR count). The Hall–Kier alpha value is -6.68. The van der Waals surface area contributed by atoms with Crippen LogP contribution in [0.25, 0.3) is 21.5 Å². The first kappa shape index (κ1) is 53.3. The number of primary amides is 1. The molecule has 0 fully saturated rings. The highest BCUT2D eigenvalue weighted by atomic mass is 16.2. The number of fused-ring (bicyclic) bond motifs is 2. The van der Waals surface area contributed by atoms with Crippen molar-refractivity contribution < 1.29 is 28.8 Å². The number of hydrogen-bond donors (Lipinski definition) is 6. The lowest BCUT2D eigenvalue weighted by atomic mass is 10.0. The van der Waals surface area contributed by atoms with Gasteiger partial charge in [0, 0.05) is 26.2 Å². The van der Waals surface area contributed by atoms with Crippen molar-refractivity contribution in [1.29, 1.82) is 0 Å². The van der Waals surface area contributed by atoms with Gasteiger partial charge in [-0.3, -0.25) is 28.8 Å². The van der Waals surface area contributed by atoms with Gasteiger partial charge >= 0.3 is 0 Å². The molecule has 368 valence electrons. The minimum Gasteiger partial charge on any atom is -0.368 e. The third-order valence-electron chi connectivity index (χ3n) is 12.2. The lowest BCUT2D eigenvalue weighted by Gasteiger charge is -2.30. The van der Waals surface area contributed by atoms with Crippen LogP contribution in [0.4, 0.5) is 0 Å². The van der Waals surface area contributed by atoms with Gasteiger partial charge < -0.3 is 47.9 Å². The molecule has 15 heteroatoms. The van der Waals surface area contributed by atoms with E-state index in [2.05, 4.69) is 16.0 Å². The second kappa shape index (κ2) is 28.0. The highest BCUT2D eigenvalue weighted by molar-refractivity contribution is 5.94. The third kappa shape index (κ3) is 16.8. The quantitative estimate of drug-likeness (QED) is 0.0362. The molecule has 5 aromatic rings. The average Bonchev–Trinajstić information content (AvgIpc) is 3.34. The molecule has 15 nitrogen and oxygen atoms in total. The zero-order chi connectivity index (χ0) is 49.5. The van der Waals surface area contributed by atoms with E-state index in [0.29, 0.717) is 58.2 Å². The highest BCUT2D eigenvalue weighted by Gasteiger charge is 2.29. The Morgan fingerprint density at radius 3 is 1.72 bits per heavy atom. The normalized spacial score (nSPS) is 12.0. The predicted octanol–water partition coefficient (Wildman–Crippen LogP) is 4.79. The lowest BCUT2D eigenvalue weighted by molar-refractivity contribution is -0.145. The summed E-state index contributed by atoms with van der Waals surface area (Å²) in [6, 6.07) is 33.5. The second-order valence-electron chi connectivity index (χ2n) is 17.7. The first-order valence-electron chi connectivity index (χ1n) is 24.2. The Balaban J connectivity index is 1.38. The molecule has 0 bridgehead atoms. The maximum absolute atomic E-state index is 14.8. The Morgan fingerprint density at radius 1 is 0.565 bits per heavy atom. The van der Waals surface area contributed by atoms with E-state index in [1.165, 1.54) is 14.7 Å². The average molecular weight is 942 g/mol. The minimum atomic E-state index is -1.02. The number of amides is 6. The summed E-state index contributed by atoms with van der Waals surface area (Å²) in [5, 5.41) is 12.9. The minimum absolute atomic E-state index is 0.0345. The van der Waals surface area contributed by atoms with E-state index in [0.717, 1.165) is 50.2 Å². The van der Waals surface area contributed by atoms with Crippen LogP contribution in [-0.2, 0) is 48.4 Å². The van der Waals surface area contributed by atoms with E-state index in [-0.39, 0.29) is 58.1 Å². The number of rotatable bonds is 29. The summed E-state index contributed by atoms with van der Waals surface area (Å²) in [7, 11) is 0. The van der Waals surface area contributed by atoms with E-state index in [9.17, 15) is 28.8 Å². The van der Waals surface area contributed by atoms with Gasteiger partial charge in [0.25, 0.3) is 0 Å². The SMILES string of the molecule is CCCCN(CC(=O)N[C@@H](CCCCN)C(=O)N[C@@H](CCCCN)C(N)=O)C(=O)CN(Cc1cccc2ccccc12)C(=O)CN(Cc1ccc(C)cc1)C(=O)CNCc1cccc2ccccc12. The van der Waals surface area contributed by atoms with Crippen LogP contribution in [0, 0.1) is 6.92 Å². The molecular formula is C54H71N9O6. The summed E-state index contributed by atoms with van der Waals surface area (Å²) in [6.45, 7) is 4.53. The molecule has 0 aliphatic heterocycles. The van der Waals surface area contributed by atoms with Crippen LogP contribution in [-0.4, -0.2) is 108 Å². The fourth-order valence-electron chi connectivity index (χ4n) is 8.27. The van der Waals surface area contributed by atoms with Crippen LogP contribution in [0.1, 0.15) is 80.5 Å². The zero-order valence-corrected chi connectivity index (χ0v) is 40.3. The molecule has 0 aliphatic rings. The molecule has 0 saturated carbocycles. The molecule has 0 heterocycles. The number of unbranched alkanes of at least 4 members (excludes halogenated alkanes) is 3. The number of nitrogens with two attached hydrogens (primary N) is 3. The Bertz CT molecular complexity index is 2470. The van der Waals surface area contributed by atoms with Crippen molar-refractivity contribution in [2.45, 2.75) is 96.9 Å². The zero-order valence-electron chi connectivity index (χ0n) is 40.3. The number of carbonyl (C=O) groups excluding carboxylic acids is 6. The van der Waals surface area contributed by atoms with Gasteiger partial charge in [-0.05, 0) is 103 Å². The topological polar surface area (TPSA) is 226 Å². The van der Waals surface area contributed by atoms with E-state index in [1.54, 1.807) is 0 Å². The molecule has 0 saturated heterocycles. The van der Waals surface area contributed by atoms with Crippen molar-refractivity contribution in [2.75, 3.05) is 45.8 Å². The molecule has 69 heavy (non-hydrogen) atoms. The summed E-state index contributed by atoms with van der Waals surface area (Å²) < 4.78 is 0. The molecule has 0 spiro atoms. The molecular weight excluding hydrogens is 871 g/mol. The summed E-state index contributed by atoms with van der Waals surface area (Å²) in [4.78, 5) is 87.7. The molecule has 9 N–H and O–H groups in total. The Morgan fingerprint density at radius 2 is 1.12 bits per heavy atom. The van der Waals surface area contributed by atoms with E-state index in [4.69, 9.17) is 17.2 Å². The van der Waals surface area contributed by atoms with Gasteiger partial charge in [0.05, 0.1) is 13.1 Å². The summed E-state index contributed by atoms with van der Waals surface area (Å²) >= 11 is 0. The van der Waals surface area contributed by atoms with Gasteiger partial charge in [0.2, 0.25) is 35.4 Å². The van der Waals surface area contributed by atoms with Crippen LogP contribution in [0.5, 0.6) is 0 Å². The van der Waals surface area contributed by atoms with Crippen LogP contribution < -0.4 is 33.2 Å². The molecule has 0 aromatic heterocycles. The number of nitrogens with one attached hydrogen (secondary N) is 3. The molecule has 0 aliphatic carbocycles. The maximum Gasteiger partial charge on any atom is 0.243 e. The highest BCUT2D eigenvalue weighted by Crippen LogP contribution is 2.22. The first-order chi connectivity index (χ1) is 33.4. The van der Waals surface area contributed by atoms with Crippen molar-refractivity contribution >= 4 is 57.0 Å². The summed E-state index contributed by atoms with van der Waals surface area (Å²) in [5.74, 6) is -3.05.